The minimum Gasteiger partial charge on any atom is -0.384 e. The lowest BCUT2D eigenvalue weighted by Gasteiger charge is -2.43. The Kier molecular flexibility index (Phi) is 4.88. The third-order valence-electron chi connectivity index (χ3n) is 6.56. The van der Waals surface area contributed by atoms with E-state index in [2.05, 4.69) is 12.6 Å². The number of anilines is 2. The van der Waals surface area contributed by atoms with Gasteiger partial charge in [0.1, 0.15) is 17.3 Å². The highest BCUT2D eigenvalue weighted by Crippen LogP contribution is 2.56. The topological polar surface area (TPSA) is 90.4 Å². The van der Waals surface area contributed by atoms with E-state index >= 15 is 0 Å². The van der Waals surface area contributed by atoms with Crippen LogP contribution in [-0.4, -0.2) is 18.2 Å². The summed E-state index contributed by atoms with van der Waals surface area (Å²) in [5.74, 6) is -0.361. The minimum atomic E-state index is -1.57. The largest absolute Gasteiger partial charge is 0.384 e. The lowest BCUT2D eigenvalue weighted by atomic mass is 9.64. The molecule has 0 fully saturated rings. The molecule has 0 unspecified atom stereocenters. The van der Waals surface area contributed by atoms with Gasteiger partial charge in [-0.1, -0.05) is 41.9 Å². The average Bonchev–Trinajstić information content (AvgIpc) is 3.04. The zero-order valence-corrected chi connectivity index (χ0v) is 18.6. The van der Waals surface area contributed by atoms with Crippen molar-refractivity contribution in [2.45, 2.75) is 24.7 Å². The molecular formula is C26H21ClN4O2. The van der Waals surface area contributed by atoms with Crippen molar-refractivity contribution in [1.82, 2.24) is 0 Å². The number of ketones is 1. The molecule has 0 radical (unpaired) electrons. The molecule has 0 saturated heterocycles. The van der Waals surface area contributed by atoms with Gasteiger partial charge in [0, 0.05) is 46.2 Å². The Morgan fingerprint density at radius 3 is 2.70 bits per heavy atom. The Balaban J connectivity index is 1.89. The predicted molar refractivity (Wildman–Crippen MR) is 127 cm³/mol. The van der Waals surface area contributed by atoms with Crippen LogP contribution in [0.1, 0.15) is 24.8 Å². The molecule has 3 aliphatic rings. The molecule has 0 aromatic heterocycles. The zero-order chi connectivity index (χ0) is 23.3. The van der Waals surface area contributed by atoms with Crippen molar-refractivity contribution < 1.29 is 9.59 Å². The highest BCUT2D eigenvalue weighted by Gasteiger charge is 2.62. The molecule has 1 amide bonds. The molecule has 2 aliphatic heterocycles. The number of nitrogens with two attached hydrogens (primary N) is 1. The first-order valence-corrected chi connectivity index (χ1v) is 11.1. The molecule has 0 saturated carbocycles. The Bertz CT molecular complexity index is 1340. The van der Waals surface area contributed by atoms with Gasteiger partial charge >= 0.3 is 0 Å². The molecular weight excluding hydrogens is 436 g/mol. The van der Waals surface area contributed by atoms with E-state index in [4.69, 9.17) is 17.3 Å². The lowest BCUT2D eigenvalue weighted by molar-refractivity contribution is -0.124. The Labute approximate surface area is 196 Å². The van der Waals surface area contributed by atoms with Crippen LogP contribution >= 0.6 is 11.6 Å². The molecule has 2 heterocycles. The number of rotatable bonds is 3. The van der Waals surface area contributed by atoms with Gasteiger partial charge in [0.2, 0.25) is 5.91 Å². The number of halogens is 1. The van der Waals surface area contributed by atoms with Gasteiger partial charge in [0.15, 0.2) is 5.78 Å². The van der Waals surface area contributed by atoms with Crippen molar-refractivity contribution in [1.29, 1.82) is 5.26 Å². The van der Waals surface area contributed by atoms with Crippen molar-refractivity contribution in [2.24, 2.45) is 5.73 Å². The Hall–Kier alpha value is -3.82. The maximum Gasteiger partial charge on any atom is 0.248 e. The Morgan fingerprint density at radius 2 is 1.97 bits per heavy atom. The molecule has 5 rings (SSSR count). The van der Waals surface area contributed by atoms with Crippen LogP contribution in [0.3, 0.4) is 0 Å². The maximum atomic E-state index is 14.2. The number of fused-ring (bicyclic) bond motifs is 3. The van der Waals surface area contributed by atoms with Gasteiger partial charge in [-0.25, -0.2) is 0 Å². The fourth-order valence-electron chi connectivity index (χ4n) is 5.35. The van der Waals surface area contributed by atoms with Gasteiger partial charge < -0.3 is 10.6 Å². The lowest BCUT2D eigenvalue weighted by Crippen LogP contribution is -2.52. The molecule has 2 N–H and O–H groups in total. The number of hydrogen-bond donors (Lipinski definition) is 1. The van der Waals surface area contributed by atoms with Crippen LogP contribution in [0.15, 0.2) is 83.9 Å². The summed E-state index contributed by atoms with van der Waals surface area (Å²) in [7, 11) is 0. The van der Waals surface area contributed by atoms with Gasteiger partial charge in [-0.2, -0.15) is 5.26 Å². The summed E-state index contributed by atoms with van der Waals surface area (Å²) in [6.45, 7) is 4.04. The van der Waals surface area contributed by atoms with Crippen LogP contribution in [0.25, 0.3) is 0 Å². The predicted octanol–water partition coefficient (Wildman–Crippen LogP) is 4.33. The normalized spacial score (nSPS) is 21.9. The molecule has 33 heavy (non-hydrogen) atoms. The van der Waals surface area contributed by atoms with Crippen LogP contribution in [0.5, 0.6) is 0 Å². The summed E-state index contributed by atoms with van der Waals surface area (Å²) in [6, 6.07) is 16.6. The summed E-state index contributed by atoms with van der Waals surface area (Å²) >= 11 is 6.25. The van der Waals surface area contributed by atoms with E-state index in [9.17, 15) is 14.9 Å². The number of carbonyl (C=O) groups excluding carboxylic acids is 2. The molecule has 2 aromatic rings. The molecule has 1 atom stereocenters. The van der Waals surface area contributed by atoms with E-state index in [1.54, 1.807) is 34.1 Å². The molecule has 1 spiro atoms. The molecule has 0 bridgehead atoms. The van der Waals surface area contributed by atoms with Crippen LogP contribution in [0.4, 0.5) is 11.4 Å². The third kappa shape index (κ3) is 2.73. The second kappa shape index (κ2) is 7.65. The van der Waals surface area contributed by atoms with Crippen molar-refractivity contribution >= 4 is 34.7 Å². The number of carbonyl (C=O) groups is 2. The number of nitrogens with zero attached hydrogens (tertiary/aromatic N) is 3. The summed E-state index contributed by atoms with van der Waals surface area (Å²) in [4.78, 5) is 31.0. The van der Waals surface area contributed by atoms with Crippen LogP contribution in [-0.2, 0) is 15.0 Å². The summed E-state index contributed by atoms with van der Waals surface area (Å²) in [6.07, 6.45) is 3.11. The van der Waals surface area contributed by atoms with E-state index in [-0.39, 0.29) is 29.6 Å². The zero-order valence-electron chi connectivity index (χ0n) is 17.8. The number of amides is 1. The fraction of sp³-hybridized carbons (Fsp3) is 0.192. The quantitative estimate of drug-likeness (QED) is 0.694. The van der Waals surface area contributed by atoms with E-state index in [1.165, 1.54) is 0 Å². The first-order valence-electron chi connectivity index (χ1n) is 10.7. The van der Waals surface area contributed by atoms with E-state index in [0.29, 0.717) is 52.5 Å². The second-order valence-corrected chi connectivity index (χ2v) is 8.69. The average molecular weight is 457 g/mol. The van der Waals surface area contributed by atoms with Crippen LogP contribution in [0.2, 0.25) is 5.02 Å². The number of nitriles is 1. The van der Waals surface area contributed by atoms with Gasteiger partial charge in [0.05, 0.1) is 5.57 Å². The van der Waals surface area contributed by atoms with Gasteiger partial charge in [-0.05, 0) is 37.1 Å². The Morgan fingerprint density at radius 1 is 1.18 bits per heavy atom. The van der Waals surface area contributed by atoms with Crippen molar-refractivity contribution in [2.75, 3.05) is 16.3 Å². The molecule has 2 aromatic carbocycles. The molecule has 6 nitrogen and oxygen atoms in total. The molecule has 7 heteroatoms. The first kappa shape index (κ1) is 21.0. The summed E-state index contributed by atoms with van der Waals surface area (Å²) < 4.78 is 0. The van der Waals surface area contributed by atoms with Gasteiger partial charge in [0.25, 0.3) is 0 Å². The number of benzene rings is 2. The molecule has 164 valence electrons. The third-order valence-corrected chi connectivity index (χ3v) is 6.79. The summed E-state index contributed by atoms with van der Waals surface area (Å²) in [5, 5.41) is 10.9. The van der Waals surface area contributed by atoms with E-state index < -0.39 is 5.41 Å². The fourth-order valence-corrected chi connectivity index (χ4v) is 5.53. The highest BCUT2D eigenvalue weighted by atomic mass is 35.5. The van der Waals surface area contributed by atoms with Crippen molar-refractivity contribution in [3.05, 3.63) is 94.4 Å². The van der Waals surface area contributed by atoms with E-state index in [1.807, 2.05) is 30.3 Å². The van der Waals surface area contributed by atoms with E-state index in [0.717, 1.165) is 0 Å². The number of allylic oxidation sites excluding steroid dienone is 1. The number of Topliss-reactive ketones (excluding diaryl/α,β-unsaturated/α-hetero) is 1. The van der Waals surface area contributed by atoms with Crippen molar-refractivity contribution in [3.63, 3.8) is 0 Å². The van der Waals surface area contributed by atoms with Crippen LogP contribution in [0, 0.1) is 11.3 Å². The smallest absolute Gasteiger partial charge is 0.248 e. The van der Waals surface area contributed by atoms with Crippen LogP contribution < -0.4 is 15.5 Å². The summed E-state index contributed by atoms with van der Waals surface area (Å²) in [5.41, 5.74) is 8.04. The monoisotopic (exact) mass is 456 g/mol. The standard InChI is InChI=1S/C26H21ClN4O2/c1-2-13-30-20-10-4-3-9-18(20)26(25(30)33)19(15-28)24(29)31(17-8-5-7-16(27)14-17)21-11-6-12-22(32)23(21)26/h2-5,7-10,14H,1,6,11-13,29H2/t26-/m0/s1. The van der Waals surface area contributed by atoms with Crippen molar-refractivity contribution in [3.8, 4) is 6.07 Å². The first-order chi connectivity index (χ1) is 16.0. The van der Waals surface area contributed by atoms with Gasteiger partial charge in [-0.15, -0.1) is 6.58 Å². The maximum absolute atomic E-state index is 14.2. The SMILES string of the molecule is C=CCN1C(=O)[C@]2(C(C#N)=C(N)N(c3cccc(Cl)c3)C3=C2C(=O)CCC3)c2ccccc21. The second-order valence-electron chi connectivity index (χ2n) is 8.26. The minimum absolute atomic E-state index is 0.0560. The highest BCUT2D eigenvalue weighted by molar-refractivity contribution is 6.31. The van der Waals surface area contributed by atoms with Gasteiger partial charge in [-0.3, -0.25) is 14.5 Å². The molecule has 1 aliphatic carbocycles. The number of para-hydroxylation sites is 1. The number of hydrogen-bond acceptors (Lipinski definition) is 5.